The predicted octanol–water partition coefficient (Wildman–Crippen LogP) is 3.10. The summed E-state index contributed by atoms with van der Waals surface area (Å²) in [6, 6.07) is 18.3. The fraction of sp³-hybridized carbons (Fsp3) is 0.250. The van der Waals surface area contributed by atoms with Gasteiger partial charge >= 0.3 is 0 Å². The van der Waals surface area contributed by atoms with Crippen LogP contribution < -0.4 is 5.73 Å². The van der Waals surface area contributed by atoms with Gasteiger partial charge in [-0.1, -0.05) is 54.6 Å². The highest BCUT2D eigenvalue weighted by atomic mass is 16.5. The predicted molar refractivity (Wildman–Crippen MR) is 94.6 cm³/mol. The van der Waals surface area contributed by atoms with Crippen LogP contribution in [0.15, 0.2) is 65.2 Å². The van der Waals surface area contributed by atoms with Gasteiger partial charge in [0, 0.05) is 30.4 Å². The molecule has 0 saturated carbocycles. The van der Waals surface area contributed by atoms with E-state index in [1.165, 1.54) is 5.56 Å². The fourth-order valence-electron chi connectivity index (χ4n) is 3.40. The van der Waals surface area contributed by atoms with Crippen LogP contribution in [0.1, 0.15) is 22.8 Å². The number of ether oxygens (including phenoxy) is 2. The number of aliphatic imine (C=N–C) groups is 1. The summed E-state index contributed by atoms with van der Waals surface area (Å²) >= 11 is 0. The smallest absolute Gasteiger partial charge is 0.215 e. The Labute approximate surface area is 141 Å². The van der Waals surface area contributed by atoms with E-state index in [0.29, 0.717) is 12.5 Å². The van der Waals surface area contributed by atoms with Crippen molar-refractivity contribution in [2.75, 3.05) is 13.7 Å². The summed E-state index contributed by atoms with van der Waals surface area (Å²) in [5.41, 5.74) is 11.5. The van der Waals surface area contributed by atoms with E-state index in [0.717, 1.165) is 28.8 Å². The highest BCUT2D eigenvalue weighted by Gasteiger charge is 2.36. The first-order valence-electron chi connectivity index (χ1n) is 8.13. The number of fused-ring (bicyclic) bond motifs is 1. The maximum absolute atomic E-state index is 6.36. The molecule has 2 aromatic carbocycles. The number of rotatable bonds is 4. The monoisotopic (exact) mass is 320 g/mol. The molecule has 2 atom stereocenters. The van der Waals surface area contributed by atoms with Crippen LogP contribution in [-0.4, -0.2) is 25.7 Å². The minimum atomic E-state index is -0.134. The van der Waals surface area contributed by atoms with Crippen LogP contribution in [0.5, 0.6) is 0 Å². The summed E-state index contributed by atoms with van der Waals surface area (Å²) in [5.74, 6) is 0.652. The highest BCUT2D eigenvalue weighted by Crippen LogP contribution is 2.36. The molecule has 4 nitrogen and oxygen atoms in total. The Balaban J connectivity index is 1.66. The van der Waals surface area contributed by atoms with Crippen molar-refractivity contribution in [2.45, 2.75) is 18.6 Å². The van der Waals surface area contributed by atoms with Crippen LogP contribution in [0.25, 0.3) is 5.70 Å². The molecule has 0 amide bonds. The van der Waals surface area contributed by atoms with E-state index in [1.54, 1.807) is 7.11 Å². The number of nitrogens with zero attached hydrogens (tertiary/aromatic N) is 1. The summed E-state index contributed by atoms with van der Waals surface area (Å²) in [7, 11) is 1.69. The maximum Gasteiger partial charge on any atom is 0.215 e. The van der Waals surface area contributed by atoms with Gasteiger partial charge in [0.2, 0.25) is 5.90 Å². The number of nitrogens with two attached hydrogens (primary N) is 1. The van der Waals surface area contributed by atoms with Gasteiger partial charge in [-0.25, -0.2) is 4.99 Å². The quantitative estimate of drug-likeness (QED) is 0.942. The van der Waals surface area contributed by atoms with E-state index in [-0.39, 0.29) is 12.1 Å². The summed E-state index contributed by atoms with van der Waals surface area (Å²) in [6.45, 7) is 0.517. The zero-order chi connectivity index (χ0) is 16.5. The minimum absolute atomic E-state index is 0.0589. The molecule has 1 aliphatic carbocycles. The van der Waals surface area contributed by atoms with Gasteiger partial charge < -0.3 is 15.2 Å². The van der Waals surface area contributed by atoms with Gasteiger partial charge in [0.15, 0.2) is 6.10 Å². The first-order chi connectivity index (χ1) is 11.8. The number of hydrogen-bond donors (Lipinski definition) is 1. The maximum atomic E-state index is 6.36. The van der Waals surface area contributed by atoms with Gasteiger partial charge in [0.1, 0.15) is 6.04 Å². The van der Waals surface area contributed by atoms with Crippen LogP contribution in [0.4, 0.5) is 0 Å². The number of methoxy groups -OCH3 is 1. The molecular formula is C20H20N2O2. The molecule has 4 heteroatoms. The molecule has 0 spiro atoms. The molecule has 0 bridgehead atoms. The van der Waals surface area contributed by atoms with Crippen LogP contribution in [-0.2, 0) is 15.9 Å². The average molecular weight is 320 g/mol. The van der Waals surface area contributed by atoms with Crippen molar-refractivity contribution >= 4 is 11.6 Å². The molecule has 1 heterocycles. The molecule has 1 aliphatic heterocycles. The van der Waals surface area contributed by atoms with Crippen molar-refractivity contribution in [1.82, 2.24) is 0 Å². The van der Waals surface area contributed by atoms with Gasteiger partial charge in [0.25, 0.3) is 0 Å². The second-order valence-corrected chi connectivity index (χ2v) is 6.13. The average Bonchev–Trinajstić information content (AvgIpc) is 3.18. The molecule has 0 unspecified atom stereocenters. The van der Waals surface area contributed by atoms with Crippen molar-refractivity contribution in [3.05, 3.63) is 76.9 Å². The summed E-state index contributed by atoms with van der Waals surface area (Å²) in [4.78, 5) is 4.78. The Hall–Kier alpha value is -2.59. The molecule has 0 radical (unpaired) electrons. The van der Waals surface area contributed by atoms with Gasteiger partial charge in [-0.05, 0) is 11.1 Å². The first-order valence-corrected chi connectivity index (χ1v) is 8.13. The zero-order valence-electron chi connectivity index (χ0n) is 13.6. The summed E-state index contributed by atoms with van der Waals surface area (Å²) in [6.07, 6.45) is 0.632. The molecule has 0 aromatic heterocycles. The van der Waals surface area contributed by atoms with Crippen LogP contribution >= 0.6 is 0 Å². The summed E-state index contributed by atoms with van der Waals surface area (Å²) in [5, 5.41) is 0. The molecule has 0 saturated heterocycles. The highest BCUT2D eigenvalue weighted by molar-refractivity contribution is 6.04. The third kappa shape index (κ3) is 2.49. The minimum Gasteiger partial charge on any atom is -0.467 e. The Morgan fingerprint density at radius 1 is 1.12 bits per heavy atom. The van der Waals surface area contributed by atoms with Gasteiger partial charge in [0.05, 0.1) is 6.61 Å². The second kappa shape index (κ2) is 6.13. The van der Waals surface area contributed by atoms with Gasteiger partial charge in [-0.2, -0.15) is 0 Å². The lowest BCUT2D eigenvalue weighted by atomic mass is 10.0. The Morgan fingerprint density at radius 3 is 2.62 bits per heavy atom. The molecule has 4 rings (SSSR count). The standard InChI is InChI=1S/C20H20N2O2/c1-23-12-17-19(13-7-3-2-4-8-13)24-20(22-17)16-11-14-9-5-6-10-15(14)18(16)21/h2-10,17,19H,11-12,21H2,1H3/t17-,19-/m0/s1. The lowest BCUT2D eigenvalue weighted by Crippen LogP contribution is -2.19. The Morgan fingerprint density at radius 2 is 1.88 bits per heavy atom. The zero-order valence-corrected chi connectivity index (χ0v) is 13.6. The molecule has 2 aliphatic rings. The van der Waals surface area contributed by atoms with Gasteiger partial charge in [-0.15, -0.1) is 0 Å². The van der Waals surface area contributed by atoms with Crippen LogP contribution in [0.2, 0.25) is 0 Å². The first kappa shape index (κ1) is 15.0. The Bertz CT molecular complexity index is 811. The van der Waals surface area contributed by atoms with Crippen LogP contribution in [0, 0.1) is 0 Å². The topological polar surface area (TPSA) is 56.8 Å². The van der Waals surface area contributed by atoms with Crippen molar-refractivity contribution in [2.24, 2.45) is 10.7 Å². The van der Waals surface area contributed by atoms with E-state index in [4.69, 9.17) is 20.2 Å². The van der Waals surface area contributed by atoms with Crippen molar-refractivity contribution < 1.29 is 9.47 Å². The van der Waals surface area contributed by atoms with Crippen molar-refractivity contribution in [3.63, 3.8) is 0 Å². The third-order valence-corrected chi connectivity index (χ3v) is 4.59. The fourth-order valence-corrected chi connectivity index (χ4v) is 3.40. The van der Waals surface area contributed by atoms with Gasteiger partial charge in [-0.3, -0.25) is 0 Å². The van der Waals surface area contributed by atoms with Crippen molar-refractivity contribution in [1.29, 1.82) is 0 Å². The molecule has 2 aromatic rings. The van der Waals surface area contributed by atoms with E-state index in [1.807, 2.05) is 30.3 Å². The number of hydrogen-bond acceptors (Lipinski definition) is 4. The largest absolute Gasteiger partial charge is 0.467 e. The second-order valence-electron chi connectivity index (χ2n) is 6.13. The Kier molecular flexibility index (Phi) is 3.82. The lowest BCUT2D eigenvalue weighted by molar-refractivity contribution is 0.120. The molecular weight excluding hydrogens is 300 g/mol. The molecule has 24 heavy (non-hydrogen) atoms. The third-order valence-electron chi connectivity index (χ3n) is 4.59. The van der Waals surface area contributed by atoms with Crippen LogP contribution in [0.3, 0.4) is 0 Å². The normalized spacial score (nSPS) is 22.3. The van der Waals surface area contributed by atoms with E-state index in [2.05, 4.69) is 24.3 Å². The van der Waals surface area contributed by atoms with E-state index >= 15 is 0 Å². The lowest BCUT2D eigenvalue weighted by Gasteiger charge is -2.17. The van der Waals surface area contributed by atoms with E-state index in [9.17, 15) is 0 Å². The molecule has 0 fully saturated rings. The number of benzene rings is 2. The summed E-state index contributed by atoms with van der Waals surface area (Å²) < 4.78 is 11.6. The van der Waals surface area contributed by atoms with E-state index < -0.39 is 0 Å². The molecule has 122 valence electrons. The molecule has 2 N–H and O–H groups in total. The SMILES string of the molecule is COC[C@@H]1N=C(C2=C(N)c3ccccc3C2)O[C@H]1c1ccccc1. The van der Waals surface area contributed by atoms with Crippen molar-refractivity contribution in [3.8, 4) is 0 Å².